The molecule has 2 heterocycles. The number of imidazole rings is 1. The second-order valence-corrected chi connectivity index (χ2v) is 7.16. The molecule has 1 aliphatic rings. The molecular weight excluding hydrogens is 308 g/mol. The summed E-state index contributed by atoms with van der Waals surface area (Å²) in [5.41, 5.74) is 2.15. The lowest BCUT2D eigenvalue weighted by molar-refractivity contribution is -0.130. The van der Waals surface area contributed by atoms with Crippen LogP contribution in [0.3, 0.4) is 0 Å². The van der Waals surface area contributed by atoms with E-state index < -0.39 is 0 Å². The van der Waals surface area contributed by atoms with E-state index in [0.29, 0.717) is 0 Å². The number of benzene rings is 1. The monoisotopic (exact) mass is 332 g/mol. The third-order valence-electron chi connectivity index (χ3n) is 4.17. The van der Waals surface area contributed by atoms with Crippen LogP contribution in [0, 0.1) is 0 Å². The van der Waals surface area contributed by atoms with Crippen molar-refractivity contribution < 1.29 is 4.79 Å². The number of carbonyl (C=O) groups excluding carboxylic acids is 1. The lowest BCUT2D eigenvalue weighted by Gasteiger charge is -2.33. The molecule has 6 heteroatoms. The third-order valence-corrected chi connectivity index (χ3v) is 5.37. The Bertz CT molecular complexity index is 676. The Morgan fingerprint density at radius 1 is 1.30 bits per heavy atom. The summed E-state index contributed by atoms with van der Waals surface area (Å²) in [5, 5.41) is 0. The van der Waals surface area contributed by atoms with E-state index in [1.165, 1.54) is 11.3 Å². The Morgan fingerprint density at radius 3 is 2.78 bits per heavy atom. The van der Waals surface area contributed by atoms with Crippen LogP contribution in [-0.2, 0) is 11.3 Å². The average molecular weight is 332 g/mol. The number of H-pyrrole nitrogens is 1. The average Bonchev–Trinajstić information content (AvgIpc) is 2.94. The van der Waals surface area contributed by atoms with Gasteiger partial charge in [0.2, 0.25) is 5.91 Å². The van der Waals surface area contributed by atoms with Crippen molar-refractivity contribution in [1.29, 1.82) is 0 Å². The smallest absolute Gasteiger partial charge is 0.219 e. The van der Waals surface area contributed by atoms with Crippen LogP contribution in [0.5, 0.6) is 0 Å². The standard InChI is InChI=1S/C17H24N4OS/c1-3-10-23-14-4-5-15-16(11-14)19-17(18-15)12-20-6-8-21(9-7-20)13(2)22/h4-5,11H,3,6-10,12H2,1-2H3,(H,18,19). The van der Waals surface area contributed by atoms with Crippen LogP contribution >= 0.6 is 11.8 Å². The Labute approximate surface area is 141 Å². The Morgan fingerprint density at radius 2 is 2.09 bits per heavy atom. The molecule has 1 N–H and O–H groups in total. The van der Waals surface area contributed by atoms with Gasteiger partial charge < -0.3 is 9.88 Å². The minimum absolute atomic E-state index is 0.172. The van der Waals surface area contributed by atoms with E-state index in [2.05, 4.69) is 35.0 Å². The zero-order valence-corrected chi connectivity index (χ0v) is 14.7. The van der Waals surface area contributed by atoms with Crippen LogP contribution in [0.25, 0.3) is 11.0 Å². The van der Waals surface area contributed by atoms with E-state index >= 15 is 0 Å². The molecule has 23 heavy (non-hydrogen) atoms. The van der Waals surface area contributed by atoms with Crippen LogP contribution < -0.4 is 0 Å². The van der Waals surface area contributed by atoms with Crippen molar-refractivity contribution in [2.45, 2.75) is 31.7 Å². The van der Waals surface area contributed by atoms with Gasteiger partial charge in [0.05, 0.1) is 17.6 Å². The molecule has 1 aromatic heterocycles. The largest absolute Gasteiger partial charge is 0.341 e. The Hall–Kier alpha value is -1.53. The minimum atomic E-state index is 0.172. The first-order valence-corrected chi connectivity index (χ1v) is 9.23. The lowest BCUT2D eigenvalue weighted by Crippen LogP contribution is -2.47. The summed E-state index contributed by atoms with van der Waals surface area (Å²) >= 11 is 1.89. The molecule has 0 radical (unpaired) electrons. The second-order valence-electron chi connectivity index (χ2n) is 5.99. The topological polar surface area (TPSA) is 52.2 Å². The van der Waals surface area contributed by atoms with Crippen molar-refractivity contribution in [1.82, 2.24) is 19.8 Å². The Balaban J connectivity index is 1.63. The Kier molecular flexibility index (Phi) is 5.23. The van der Waals surface area contributed by atoms with Crippen molar-refractivity contribution >= 4 is 28.7 Å². The highest BCUT2D eigenvalue weighted by Crippen LogP contribution is 2.23. The van der Waals surface area contributed by atoms with Gasteiger partial charge in [0.15, 0.2) is 0 Å². The molecule has 5 nitrogen and oxygen atoms in total. The molecule has 2 aromatic rings. The first kappa shape index (κ1) is 16.3. The summed E-state index contributed by atoms with van der Waals surface area (Å²) in [7, 11) is 0. The van der Waals surface area contributed by atoms with E-state index in [4.69, 9.17) is 4.98 Å². The van der Waals surface area contributed by atoms with Gasteiger partial charge in [0, 0.05) is 38.0 Å². The molecule has 1 aliphatic heterocycles. The van der Waals surface area contributed by atoms with Crippen molar-refractivity contribution in [3.8, 4) is 0 Å². The normalized spacial score (nSPS) is 16.2. The number of nitrogens with zero attached hydrogens (tertiary/aromatic N) is 3. The maximum atomic E-state index is 11.4. The van der Waals surface area contributed by atoms with E-state index in [1.807, 2.05) is 16.7 Å². The van der Waals surface area contributed by atoms with Crippen molar-refractivity contribution in [3.05, 3.63) is 24.0 Å². The highest BCUT2D eigenvalue weighted by molar-refractivity contribution is 7.99. The van der Waals surface area contributed by atoms with E-state index in [-0.39, 0.29) is 5.91 Å². The maximum Gasteiger partial charge on any atom is 0.219 e. The number of aromatic amines is 1. The summed E-state index contributed by atoms with van der Waals surface area (Å²) in [6, 6.07) is 6.44. The minimum Gasteiger partial charge on any atom is -0.341 e. The van der Waals surface area contributed by atoms with Crippen molar-refractivity contribution in [3.63, 3.8) is 0 Å². The predicted molar refractivity (Wildman–Crippen MR) is 94.6 cm³/mol. The third kappa shape index (κ3) is 4.06. The summed E-state index contributed by atoms with van der Waals surface area (Å²) in [5.74, 6) is 2.33. The summed E-state index contributed by atoms with van der Waals surface area (Å²) in [6.07, 6.45) is 1.18. The van der Waals surface area contributed by atoms with Crippen molar-refractivity contribution in [2.24, 2.45) is 0 Å². The van der Waals surface area contributed by atoms with Gasteiger partial charge in [-0.25, -0.2) is 4.98 Å². The summed E-state index contributed by atoms with van der Waals surface area (Å²) in [4.78, 5) is 25.1. The predicted octanol–water partition coefficient (Wildman–Crippen LogP) is 2.73. The zero-order chi connectivity index (χ0) is 16.2. The van der Waals surface area contributed by atoms with Gasteiger partial charge in [-0.1, -0.05) is 6.92 Å². The molecule has 0 atom stereocenters. The number of nitrogens with one attached hydrogen (secondary N) is 1. The quantitative estimate of drug-likeness (QED) is 0.856. The van der Waals surface area contributed by atoms with Crippen LogP contribution in [-0.4, -0.2) is 57.6 Å². The van der Waals surface area contributed by atoms with Gasteiger partial charge in [-0.05, 0) is 30.4 Å². The molecule has 0 aliphatic carbocycles. The number of amides is 1. The highest BCUT2D eigenvalue weighted by Gasteiger charge is 2.19. The molecule has 0 bridgehead atoms. The van der Waals surface area contributed by atoms with Gasteiger partial charge >= 0.3 is 0 Å². The number of thioether (sulfide) groups is 1. The molecule has 1 saturated heterocycles. The molecular formula is C17H24N4OS. The van der Waals surface area contributed by atoms with Gasteiger partial charge in [-0.15, -0.1) is 11.8 Å². The van der Waals surface area contributed by atoms with Crippen LogP contribution in [0.4, 0.5) is 0 Å². The number of aromatic nitrogens is 2. The number of rotatable bonds is 5. The van der Waals surface area contributed by atoms with E-state index in [9.17, 15) is 4.79 Å². The van der Waals surface area contributed by atoms with Crippen LogP contribution in [0.1, 0.15) is 26.1 Å². The number of carbonyl (C=O) groups is 1. The fourth-order valence-electron chi connectivity index (χ4n) is 2.86. The van der Waals surface area contributed by atoms with Gasteiger partial charge in [-0.2, -0.15) is 0 Å². The van der Waals surface area contributed by atoms with Crippen LogP contribution in [0.2, 0.25) is 0 Å². The number of hydrogen-bond donors (Lipinski definition) is 1. The maximum absolute atomic E-state index is 11.4. The van der Waals surface area contributed by atoms with Gasteiger partial charge in [0.25, 0.3) is 0 Å². The second kappa shape index (κ2) is 7.36. The highest BCUT2D eigenvalue weighted by atomic mass is 32.2. The first-order valence-electron chi connectivity index (χ1n) is 8.25. The molecule has 0 unspecified atom stereocenters. The number of hydrogen-bond acceptors (Lipinski definition) is 4. The number of piperazine rings is 1. The first-order chi connectivity index (χ1) is 11.2. The SMILES string of the molecule is CCCSc1ccc2nc(CN3CCN(C(C)=O)CC3)[nH]c2c1. The van der Waals surface area contributed by atoms with Gasteiger partial charge in [-0.3, -0.25) is 9.69 Å². The zero-order valence-electron chi connectivity index (χ0n) is 13.8. The molecule has 3 rings (SSSR count). The van der Waals surface area contributed by atoms with E-state index in [0.717, 1.165) is 55.3 Å². The summed E-state index contributed by atoms with van der Waals surface area (Å²) < 4.78 is 0. The van der Waals surface area contributed by atoms with Crippen LogP contribution in [0.15, 0.2) is 23.1 Å². The molecule has 124 valence electrons. The molecule has 1 fully saturated rings. The molecule has 0 spiro atoms. The fraction of sp³-hybridized carbons (Fsp3) is 0.529. The number of fused-ring (bicyclic) bond motifs is 1. The van der Waals surface area contributed by atoms with Gasteiger partial charge in [0.1, 0.15) is 5.82 Å². The van der Waals surface area contributed by atoms with Crippen molar-refractivity contribution in [2.75, 3.05) is 31.9 Å². The molecule has 1 amide bonds. The van der Waals surface area contributed by atoms with E-state index in [1.54, 1.807) is 6.92 Å². The summed E-state index contributed by atoms with van der Waals surface area (Å²) in [6.45, 7) is 8.11. The molecule has 1 aromatic carbocycles. The lowest BCUT2D eigenvalue weighted by atomic mass is 10.3. The fourth-order valence-corrected chi connectivity index (χ4v) is 3.66. The molecule has 0 saturated carbocycles.